The SMILES string of the molecule is CCC(/C=C1\OC2(CCC(Br)CC2)CN1CCCCS(=O)(=O)O)=C\c1oc2ccc(Br)cc2[n+]1CCCCS(=O)(=O)[O-].[Na+]. The third-order valence-corrected chi connectivity index (χ3v) is 10.8. The summed E-state index contributed by atoms with van der Waals surface area (Å²) in [6.45, 7) is 3.86. The van der Waals surface area contributed by atoms with Crippen molar-refractivity contribution >= 4 is 69.3 Å². The molecule has 4 rings (SSSR count). The summed E-state index contributed by atoms with van der Waals surface area (Å²) in [7, 11) is -8.27. The number of hydrogen-bond donors (Lipinski definition) is 1. The van der Waals surface area contributed by atoms with E-state index < -0.39 is 26.0 Å². The Hall–Kier alpha value is -0.450. The number of allylic oxidation sites excluding steroid dienone is 2. The molecular weight excluding hydrogens is 739 g/mol. The van der Waals surface area contributed by atoms with Crippen LogP contribution in [-0.2, 0) is 31.5 Å². The minimum atomic E-state index is -4.27. The van der Waals surface area contributed by atoms with Crippen LogP contribution >= 0.6 is 31.9 Å². The number of aryl methyl sites for hydroxylation is 1. The number of rotatable bonds is 13. The summed E-state index contributed by atoms with van der Waals surface area (Å²) >= 11 is 7.25. The summed E-state index contributed by atoms with van der Waals surface area (Å²) < 4.78 is 80.6. The van der Waals surface area contributed by atoms with Crippen molar-refractivity contribution in [1.29, 1.82) is 0 Å². The summed E-state index contributed by atoms with van der Waals surface area (Å²) in [6.07, 6.45) is 10.3. The topological polar surface area (TPSA) is 141 Å². The Morgan fingerprint density at radius 1 is 1.16 bits per heavy atom. The number of fused-ring (bicyclic) bond motifs is 1. The number of aromatic nitrogens is 1. The number of hydrogen-bond acceptors (Lipinski definition) is 8. The Kier molecular flexibility index (Phi) is 13.7. The third-order valence-electron chi connectivity index (χ3n) is 7.76. The van der Waals surface area contributed by atoms with Crippen LogP contribution in [0, 0.1) is 0 Å². The first-order valence-corrected chi connectivity index (χ1v) is 19.2. The van der Waals surface area contributed by atoms with E-state index in [2.05, 4.69) is 36.8 Å². The summed E-state index contributed by atoms with van der Waals surface area (Å²) in [4.78, 5) is 2.65. The van der Waals surface area contributed by atoms with Gasteiger partial charge >= 0.3 is 35.4 Å². The van der Waals surface area contributed by atoms with E-state index in [1.165, 1.54) is 0 Å². The molecule has 2 aromatic rings. The quantitative estimate of drug-likeness (QED) is 0.107. The van der Waals surface area contributed by atoms with E-state index in [-0.39, 0.29) is 47.3 Å². The van der Waals surface area contributed by atoms with Crippen molar-refractivity contribution in [2.45, 2.75) is 81.7 Å². The maximum Gasteiger partial charge on any atom is 1.00 e. The van der Waals surface area contributed by atoms with Crippen molar-refractivity contribution < 1.29 is 69.2 Å². The van der Waals surface area contributed by atoms with E-state index in [1.54, 1.807) is 0 Å². The molecule has 10 nitrogen and oxygen atoms in total. The van der Waals surface area contributed by atoms with Crippen LogP contribution in [-0.4, -0.2) is 65.9 Å². The molecule has 2 heterocycles. The van der Waals surface area contributed by atoms with Crippen LogP contribution in [0.3, 0.4) is 0 Å². The minimum absolute atomic E-state index is 0. The molecule has 234 valence electrons. The molecule has 0 amide bonds. The average Bonchev–Trinajstić information content (AvgIpc) is 3.41. The van der Waals surface area contributed by atoms with Crippen molar-refractivity contribution in [2.75, 3.05) is 24.6 Å². The van der Waals surface area contributed by atoms with Gasteiger partial charge in [0.25, 0.3) is 15.6 Å². The molecule has 1 aliphatic carbocycles. The molecule has 1 saturated carbocycles. The predicted octanol–water partition coefficient (Wildman–Crippen LogP) is 2.52. The average molecular weight is 778 g/mol. The molecule has 1 saturated heterocycles. The number of nitrogens with zero attached hydrogens (tertiary/aromatic N) is 2. The summed E-state index contributed by atoms with van der Waals surface area (Å²) in [6, 6.07) is 5.71. The van der Waals surface area contributed by atoms with E-state index in [4.69, 9.17) is 13.7 Å². The molecule has 0 atom stereocenters. The largest absolute Gasteiger partial charge is 1.00 e. The van der Waals surface area contributed by atoms with Crippen LogP contribution in [0.25, 0.3) is 17.2 Å². The van der Waals surface area contributed by atoms with Crippen LogP contribution in [0.5, 0.6) is 0 Å². The molecule has 0 radical (unpaired) electrons. The molecule has 0 unspecified atom stereocenters. The van der Waals surface area contributed by atoms with Crippen molar-refractivity contribution in [2.24, 2.45) is 0 Å². The summed E-state index contributed by atoms with van der Waals surface area (Å²) in [5.74, 6) is 0.683. The maximum atomic E-state index is 11.2. The second kappa shape index (κ2) is 15.9. The monoisotopic (exact) mass is 775 g/mol. The molecule has 0 bridgehead atoms. The molecule has 43 heavy (non-hydrogen) atoms. The standard InChI is InChI=1S/C28H38Br2N2O8S2.Na/c1-2-21(18-27-32(14-4-6-16-42(36,37)38)24-19-23(30)7-8-25(24)39-27)17-26-31(13-3-5-15-41(33,34)35)20-28(40-26)11-9-22(29)10-12-28;/h7-8,17-19,22H,2-6,9-16,20H2,1H3,(H-,33,34,35,36,37,38);/q;+1. The summed E-state index contributed by atoms with van der Waals surface area (Å²) in [5, 5.41) is 0. The van der Waals surface area contributed by atoms with Crippen LogP contribution in [0.4, 0.5) is 0 Å². The predicted molar refractivity (Wildman–Crippen MR) is 166 cm³/mol. The minimum Gasteiger partial charge on any atom is -0.748 e. The fourth-order valence-electron chi connectivity index (χ4n) is 5.53. The second-order valence-corrected chi connectivity index (χ2v) is 16.4. The summed E-state index contributed by atoms with van der Waals surface area (Å²) in [5.41, 5.74) is 2.22. The van der Waals surface area contributed by atoms with Gasteiger partial charge in [-0.15, -0.1) is 0 Å². The Morgan fingerprint density at radius 3 is 2.51 bits per heavy atom. The van der Waals surface area contributed by atoms with Crippen molar-refractivity contribution in [1.82, 2.24) is 4.90 Å². The first-order chi connectivity index (χ1) is 19.8. The Bertz CT molecular complexity index is 1540. The van der Waals surface area contributed by atoms with Gasteiger partial charge in [-0.2, -0.15) is 13.0 Å². The van der Waals surface area contributed by atoms with E-state index >= 15 is 0 Å². The van der Waals surface area contributed by atoms with Gasteiger partial charge in [0.2, 0.25) is 5.58 Å². The van der Waals surface area contributed by atoms with Crippen molar-refractivity contribution in [3.63, 3.8) is 0 Å². The van der Waals surface area contributed by atoms with Crippen molar-refractivity contribution in [3.8, 4) is 0 Å². The second-order valence-electron chi connectivity index (χ2n) is 11.1. The normalized spacial score (nSPS) is 22.3. The van der Waals surface area contributed by atoms with Gasteiger partial charge in [0.05, 0.1) is 28.5 Å². The molecule has 1 aromatic carbocycles. The van der Waals surface area contributed by atoms with Gasteiger partial charge in [-0.05, 0) is 69.1 Å². The number of alkyl halides is 1. The van der Waals surface area contributed by atoms with Gasteiger partial charge in [-0.1, -0.05) is 38.8 Å². The van der Waals surface area contributed by atoms with Crippen molar-refractivity contribution in [3.05, 3.63) is 46.1 Å². The van der Waals surface area contributed by atoms with Gasteiger partial charge in [-0.3, -0.25) is 4.55 Å². The van der Waals surface area contributed by atoms with Crippen LogP contribution < -0.4 is 34.1 Å². The number of oxazole rings is 1. The molecule has 2 aliphatic rings. The Morgan fingerprint density at radius 2 is 1.86 bits per heavy atom. The van der Waals surface area contributed by atoms with E-state index in [0.717, 1.165) is 53.7 Å². The van der Waals surface area contributed by atoms with Gasteiger partial charge in [0, 0.05) is 40.2 Å². The first-order valence-electron chi connectivity index (χ1n) is 14.3. The Balaban J connectivity index is 0.00000506. The number of halogens is 2. The number of ether oxygens (including phenoxy) is 1. The van der Waals surface area contributed by atoms with Crippen LogP contribution in [0.15, 0.2) is 44.6 Å². The molecule has 1 aliphatic heterocycles. The zero-order valence-corrected chi connectivity index (χ0v) is 31.4. The van der Waals surface area contributed by atoms with E-state index in [0.29, 0.717) is 55.1 Å². The molecule has 2 fully saturated rings. The molecular formula is C28H38Br2N2NaO8S2+. The number of unbranched alkanes of at least 4 members (excludes halogenated alkanes) is 2. The first kappa shape index (κ1) is 37.0. The molecule has 1 aromatic heterocycles. The van der Waals surface area contributed by atoms with Crippen LogP contribution in [0.2, 0.25) is 0 Å². The van der Waals surface area contributed by atoms with E-state index in [1.807, 2.05) is 41.8 Å². The number of benzene rings is 1. The smallest absolute Gasteiger partial charge is 0.748 e. The fraction of sp³-hybridized carbons (Fsp3) is 0.607. The van der Waals surface area contributed by atoms with Gasteiger partial charge < -0.3 is 18.6 Å². The van der Waals surface area contributed by atoms with Gasteiger partial charge in [-0.25, -0.2) is 8.42 Å². The third kappa shape index (κ3) is 11.1. The maximum absolute atomic E-state index is 11.2. The van der Waals surface area contributed by atoms with Gasteiger partial charge in [0.1, 0.15) is 5.60 Å². The molecule has 1 spiro atoms. The van der Waals surface area contributed by atoms with Gasteiger partial charge in [0.15, 0.2) is 12.4 Å². The zero-order chi connectivity index (χ0) is 30.5. The molecule has 1 N–H and O–H groups in total. The fourth-order valence-corrected chi connectivity index (χ4v) is 7.47. The molecule has 15 heteroatoms. The van der Waals surface area contributed by atoms with Crippen LogP contribution in [0.1, 0.15) is 70.6 Å². The Labute approximate surface area is 293 Å². The van der Waals surface area contributed by atoms with E-state index in [9.17, 15) is 21.4 Å². The zero-order valence-electron chi connectivity index (χ0n) is 24.6.